The van der Waals surface area contributed by atoms with Gasteiger partial charge in [0, 0.05) is 43.2 Å². The second-order valence-corrected chi connectivity index (χ2v) is 6.03. The summed E-state index contributed by atoms with van der Waals surface area (Å²) in [4.78, 5) is 4.80. The number of piperazine rings is 1. The summed E-state index contributed by atoms with van der Waals surface area (Å²) < 4.78 is 0.939. The van der Waals surface area contributed by atoms with Crippen molar-refractivity contribution in [1.29, 1.82) is 0 Å². The molecule has 0 spiro atoms. The van der Waals surface area contributed by atoms with Crippen LogP contribution in [0.5, 0.6) is 0 Å². The van der Waals surface area contributed by atoms with E-state index in [1.54, 1.807) is 0 Å². The Kier molecular flexibility index (Phi) is 5.04. The summed E-state index contributed by atoms with van der Waals surface area (Å²) in [6.07, 6.45) is 0. The van der Waals surface area contributed by atoms with E-state index in [4.69, 9.17) is 17.3 Å². The number of hydrogen-bond donors (Lipinski definition) is 1. The Labute approximate surface area is 122 Å². The molecule has 0 aliphatic carbocycles. The molecule has 0 amide bonds. The van der Waals surface area contributed by atoms with Gasteiger partial charge in [0.15, 0.2) is 0 Å². The molecule has 1 fully saturated rings. The number of benzene rings is 1. The fourth-order valence-corrected chi connectivity index (χ4v) is 2.86. The summed E-state index contributed by atoms with van der Waals surface area (Å²) in [7, 11) is 2.16. The van der Waals surface area contributed by atoms with Gasteiger partial charge in [-0.05, 0) is 40.7 Å². The van der Waals surface area contributed by atoms with E-state index in [-0.39, 0.29) is 6.04 Å². The van der Waals surface area contributed by atoms with E-state index >= 15 is 0 Å². The van der Waals surface area contributed by atoms with Gasteiger partial charge in [-0.15, -0.1) is 0 Å². The van der Waals surface area contributed by atoms with Crippen LogP contribution in [0.2, 0.25) is 5.02 Å². The number of hydrogen-bond acceptors (Lipinski definition) is 3. The average Bonchev–Trinajstić information content (AvgIpc) is 2.37. The van der Waals surface area contributed by atoms with Gasteiger partial charge in [0.05, 0.1) is 5.02 Å². The SMILES string of the molecule is CN1CCN(C(CN)c2ccc(Cl)c(Br)c2)CC1. The number of likely N-dealkylation sites (N-methyl/N-ethyl adjacent to an activating group) is 1. The molecule has 1 aromatic carbocycles. The minimum Gasteiger partial charge on any atom is -0.329 e. The molecule has 1 saturated heterocycles. The third kappa shape index (κ3) is 3.25. The van der Waals surface area contributed by atoms with E-state index in [0.29, 0.717) is 6.54 Å². The monoisotopic (exact) mass is 331 g/mol. The van der Waals surface area contributed by atoms with Crippen LogP contribution >= 0.6 is 27.5 Å². The van der Waals surface area contributed by atoms with Gasteiger partial charge in [-0.1, -0.05) is 17.7 Å². The second kappa shape index (κ2) is 6.35. The molecule has 1 heterocycles. The molecule has 2 N–H and O–H groups in total. The van der Waals surface area contributed by atoms with Crippen LogP contribution in [-0.2, 0) is 0 Å². The van der Waals surface area contributed by atoms with E-state index in [2.05, 4.69) is 44.9 Å². The number of rotatable bonds is 3. The van der Waals surface area contributed by atoms with Gasteiger partial charge < -0.3 is 10.6 Å². The standard InChI is InChI=1S/C13H19BrClN3/c1-17-4-6-18(7-5-17)13(9-16)10-2-3-12(15)11(14)8-10/h2-3,8,13H,4-7,9,16H2,1H3. The molecule has 0 aromatic heterocycles. The maximum atomic E-state index is 6.04. The molecule has 1 aliphatic rings. The first kappa shape index (κ1) is 14.3. The van der Waals surface area contributed by atoms with Crippen LogP contribution in [0, 0.1) is 0 Å². The molecule has 1 atom stereocenters. The number of nitrogens with zero attached hydrogens (tertiary/aromatic N) is 2. The van der Waals surface area contributed by atoms with Gasteiger partial charge in [0.2, 0.25) is 0 Å². The molecular weight excluding hydrogens is 314 g/mol. The van der Waals surface area contributed by atoms with Crippen LogP contribution in [0.15, 0.2) is 22.7 Å². The Bertz CT molecular complexity index is 405. The highest BCUT2D eigenvalue weighted by atomic mass is 79.9. The van der Waals surface area contributed by atoms with Crippen molar-refractivity contribution in [3.63, 3.8) is 0 Å². The second-order valence-electron chi connectivity index (χ2n) is 4.76. The Morgan fingerprint density at radius 2 is 2.00 bits per heavy atom. The minimum atomic E-state index is 0.285. The van der Waals surface area contributed by atoms with Crippen molar-refractivity contribution in [2.24, 2.45) is 5.73 Å². The number of nitrogens with two attached hydrogens (primary N) is 1. The predicted octanol–water partition coefficient (Wildman–Crippen LogP) is 2.35. The van der Waals surface area contributed by atoms with Crippen molar-refractivity contribution in [3.8, 4) is 0 Å². The van der Waals surface area contributed by atoms with Gasteiger partial charge in [0.25, 0.3) is 0 Å². The minimum absolute atomic E-state index is 0.285. The van der Waals surface area contributed by atoms with Crippen molar-refractivity contribution >= 4 is 27.5 Å². The zero-order chi connectivity index (χ0) is 13.1. The predicted molar refractivity (Wildman–Crippen MR) is 80.0 cm³/mol. The first-order valence-corrected chi connectivity index (χ1v) is 7.36. The zero-order valence-corrected chi connectivity index (χ0v) is 12.9. The molecule has 1 unspecified atom stereocenters. The van der Waals surface area contributed by atoms with Gasteiger partial charge in [-0.3, -0.25) is 4.90 Å². The zero-order valence-electron chi connectivity index (χ0n) is 10.6. The summed E-state index contributed by atoms with van der Waals surface area (Å²) >= 11 is 9.51. The van der Waals surface area contributed by atoms with E-state index in [0.717, 1.165) is 35.7 Å². The lowest BCUT2D eigenvalue weighted by Crippen LogP contribution is -2.47. The van der Waals surface area contributed by atoms with Crippen LogP contribution in [0.3, 0.4) is 0 Å². The van der Waals surface area contributed by atoms with Crippen molar-refractivity contribution in [3.05, 3.63) is 33.3 Å². The molecule has 18 heavy (non-hydrogen) atoms. The van der Waals surface area contributed by atoms with E-state index in [1.807, 2.05) is 6.07 Å². The largest absolute Gasteiger partial charge is 0.329 e. The van der Waals surface area contributed by atoms with Gasteiger partial charge in [-0.25, -0.2) is 0 Å². The first-order valence-electron chi connectivity index (χ1n) is 6.19. The van der Waals surface area contributed by atoms with Crippen LogP contribution < -0.4 is 5.73 Å². The van der Waals surface area contributed by atoms with Crippen molar-refractivity contribution in [2.75, 3.05) is 39.8 Å². The highest BCUT2D eigenvalue weighted by molar-refractivity contribution is 9.10. The molecule has 2 rings (SSSR count). The van der Waals surface area contributed by atoms with Gasteiger partial charge >= 0.3 is 0 Å². The molecule has 3 nitrogen and oxygen atoms in total. The average molecular weight is 333 g/mol. The summed E-state index contributed by atoms with van der Waals surface area (Å²) in [5, 5.41) is 0.743. The van der Waals surface area contributed by atoms with Gasteiger partial charge in [-0.2, -0.15) is 0 Å². The Hall–Kier alpha value is -0.130. The lowest BCUT2D eigenvalue weighted by Gasteiger charge is -2.37. The highest BCUT2D eigenvalue weighted by Crippen LogP contribution is 2.28. The normalized spacial score (nSPS) is 20.0. The summed E-state index contributed by atoms with van der Waals surface area (Å²) in [5.41, 5.74) is 7.19. The molecule has 5 heteroatoms. The lowest BCUT2D eigenvalue weighted by molar-refractivity contribution is 0.114. The first-order chi connectivity index (χ1) is 8.61. The van der Waals surface area contributed by atoms with Crippen molar-refractivity contribution < 1.29 is 0 Å². The molecule has 1 aliphatic heterocycles. The smallest absolute Gasteiger partial charge is 0.0548 e. The molecule has 0 radical (unpaired) electrons. The van der Waals surface area contributed by atoms with Crippen LogP contribution in [0.4, 0.5) is 0 Å². The maximum absolute atomic E-state index is 6.04. The van der Waals surface area contributed by atoms with Crippen LogP contribution in [0.1, 0.15) is 11.6 Å². The van der Waals surface area contributed by atoms with Gasteiger partial charge in [0.1, 0.15) is 0 Å². The van der Waals surface area contributed by atoms with E-state index in [9.17, 15) is 0 Å². The fraction of sp³-hybridized carbons (Fsp3) is 0.538. The van der Waals surface area contributed by atoms with Crippen LogP contribution in [0.25, 0.3) is 0 Å². The molecule has 0 saturated carbocycles. The Morgan fingerprint density at radius 1 is 1.33 bits per heavy atom. The molecular formula is C13H19BrClN3. The Balaban J connectivity index is 2.14. The topological polar surface area (TPSA) is 32.5 Å². The molecule has 0 bridgehead atoms. The summed E-state index contributed by atoms with van der Waals surface area (Å²) in [6.45, 7) is 4.98. The van der Waals surface area contributed by atoms with E-state index in [1.165, 1.54) is 5.56 Å². The summed E-state index contributed by atoms with van der Waals surface area (Å²) in [6, 6.07) is 6.37. The third-order valence-corrected chi connectivity index (χ3v) is 4.74. The fourth-order valence-electron chi connectivity index (χ4n) is 2.35. The Morgan fingerprint density at radius 3 is 2.56 bits per heavy atom. The molecule has 1 aromatic rings. The molecule has 100 valence electrons. The van der Waals surface area contributed by atoms with Crippen LogP contribution in [-0.4, -0.2) is 49.6 Å². The third-order valence-electron chi connectivity index (χ3n) is 3.53. The lowest BCUT2D eigenvalue weighted by atomic mass is 10.0. The number of halogens is 2. The van der Waals surface area contributed by atoms with Crippen molar-refractivity contribution in [2.45, 2.75) is 6.04 Å². The summed E-state index contributed by atoms with van der Waals surface area (Å²) in [5.74, 6) is 0. The maximum Gasteiger partial charge on any atom is 0.0548 e. The van der Waals surface area contributed by atoms with Crippen molar-refractivity contribution in [1.82, 2.24) is 9.80 Å². The quantitative estimate of drug-likeness (QED) is 0.922. The van der Waals surface area contributed by atoms with E-state index < -0.39 is 0 Å². The highest BCUT2D eigenvalue weighted by Gasteiger charge is 2.23.